The van der Waals surface area contributed by atoms with E-state index in [2.05, 4.69) is 25.5 Å². The molecule has 3 aromatic rings. The Morgan fingerprint density at radius 1 is 1.14 bits per heavy atom. The number of rotatable bonds is 6. The lowest BCUT2D eigenvalue weighted by Gasteiger charge is -2.23. The third kappa shape index (κ3) is 4.16. The predicted octanol–water partition coefficient (Wildman–Crippen LogP) is 2.62. The Morgan fingerprint density at radius 3 is 2.72 bits per heavy atom. The zero-order chi connectivity index (χ0) is 20.2. The molecule has 2 aromatic heterocycles. The summed E-state index contributed by atoms with van der Waals surface area (Å²) in [6, 6.07) is 11.9. The van der Waals surface area contributed by atoms with Gasteiger partial charge in [-0.15, -0.1) is 0 Å². The number of nitrogens with one attached hydrogen (secondary N) is 1. The Kier molecular flexibility index (Phi) is 5.33. The van der Waals surface area contributed by atoms with Crippen molar-refractivity contribution < 1.29 is 4.79 Å². The highest BCUT2D eigenvalue weighted by Gasteiger charge is 2.21. The molecule has 0 saturated carbocycles. The summed E-state index contributed by atoms with van der Waals surface area (Å²) in [5.74, 6) is 0.551. The number of carbonyl (C=O) groups is 1. The number of aromatic nitrogens is 4. The Balaban J connectivity index is 1.43. The number of amides is 1. The van der Waals surface area contributed by atoms with E-state index in [1.807, 2.05) is 50.4 Å². The molecule has 0 saturated heterocycles. The molecular weight excluding hydrogens is 366 g/mol. The van der Waals surface area contributed by atoms with E-state index in [1.165, 1.54) is 5.01 Å². The largest absolute Gasteiger partial charge is 0.352 e. The number of nitrogens with zero attached hydrogens (tertiary/aromatic N) is 6. The second-order valence-corrected chi connectivity index (χ2v) is 6.92. The summed E-state index contributed by atoms with van der Waals surface area (Å²) in [6.45, 7) is 2.93. The first-order chi connectivity index (χ1) is 14.1. The molecule has 4 rings (SSSR count). The van der Waals surface area contributed by atoms with Gasteiger partial charge in [0.05, 0.1) is 23.6 Å². The molecule has 1 amide bonds. The fourth-order valence-electron chi connectivity index (χ4n) is 3.28. The van der Waals surface area contributed by atoms with Crippen LogP contribution in [0.2, 0.25) is 0 Å². The van der Waals surface area contributed by atoms with E-state index in [-0.39, 0.29) is 5.91 Å². The highest BCUT2D eigenvalue weighted by atomic mass is 16.2. The molecule has 0 bridgehead atoms. The Bertz CT molecular complexity index is 1040. The first kappa shape index (κ1) is 18.8. The van der Waals surface area contributed by atoms with Gasteiger partial charge in [0.1, 0.15) is 0 Å². The summed E-state index contributed by atoms with van der Waals surface area (Å²) < 4.78 is 1.78. The van der Waals surface area contributed by atoms with E-state index >= 15 is 0 Å². The van der Waals surface area contributed by atoms with Crippen LogP contribution in [0, 0.1) is 6.92 Å². The molecule has 29 heavy (non-hydrogen) atoms. The molecule has 8 nitrogen and oxygen atoms in total. The van der Waals surface area contributed by atoms with E-state index in [0.29, 0.717) is 31.9 Å². The van der Waals surface area contributed by atoms with Crippen LogP contribution in [0.4, 0.5) is 5.95 Å². The number of hydrogen-bond acceptors (Lipinski definition) is 6. The van der Waals surface area contributed by atoms with Crippen molar-refractivity contribution in [2.45, 2.75) is 19.8 Å². The van der Waals surface area contributed by atoms with Gasteiger partial charge in [0, 0.05) is 38.8 Å². The van der Waals surface area contributed by atoms with Crippen LogP contribution < -0.4 is 5.32 Å². The van der Waals surface area contributed by atoms with Gasteiger partial charge in [-0.1, -0.05) is 30.3 Å². The van der Waals surface area contributed by atoms with Gasteiger partial charge in [0.2, 0.25) is 11.9 Å². The fraction of sp³-hybridized carbons (Fsp3) is 0.286. The lowest BCUT2D eigenvalue weighted by Crippen LogP contribution is -2.35. The molecule has 1 aliphatic heterocycles. The van der Waals surface area contributed by atoms with Crippen molar-refractivity contribution in [1.29, 1.82) is 0 Å². The maximum Gasteiger partial charge on any atom is 0.243 e. The standard InChI is InChI=1S/C21H23N7O/c1-15-14-23-21(25-20(15)18-10-11-24-27(18)2)22-12-13-28-19(29)9-8-17(26-28)16-6-4-3-5-7-16/h3-7,10-11,14H,8-9,12-13H2,1-2H3,(H,22,23,25). The average molecular weight is 389 g/mol. The van der Waals surface area contributed by atoms with E-state index in [9.17, 15) is 4.79 Å². The van der Waals surface area contributed by atoms with Crippen LogP contribution in [-0.2, 0) is 11.8 Å². The molecule has 1 aromatic carbocycles. The van der Waals surface area contributed by atoms with Gasteiger partial charge in [-0.2, -0.15) is 10.2 Å². The number of aryl methyl sites for hydroxylation is 2. The number of benzene rings is 1. The van der Waals surface area contributed by atoms with Crippen LogP contribution in [0.5, 0.6) is 0 Å². The van der Waals surface area contributed by atoms with Gasteiger partial charge in [-0.25, -0.2) is 15.0 Å². The minimum atomic E-state index is 0.0341. The Morgan fingerprint density at radius 2 is 1.97 bits per heavy atom. The number of hydrogen-bond donors (Lipinski definition) is 1. The fourth-order valence-corrected chi connectivity index (χ4v) is 3.28. The minimum absolute atomic E-state index is 0.0341. The van der Waals surface area contributed by atoms with Gasteiger partial charge in [0.15, 0.2) is 0 Å². The third-order valence-electron chi connectivity index (χ3n) is 4.85. The van der Waals surface area contributed by atoms with Crippen molar-refractivity contribution in [3.05, 3.63) is 59.9 Å². The predicted molar refractivity (Wildman–Crippen MR) is 111 cm³/mol. The topological polar surface area (TPSA) is 88.3 Å². The van der Waals surface area contributed by atoms with E-state index < -0.39 is 0 Å². The first-order valence-electron chi connectivity index (χ1n) is 9.61. The van der Waals surface area contributed by atoms with Crippen molar-refractivity contribution in [2.75, 3.05) is 18.4 Å². The molecule has 0 spiro atoms. The SMILES string of the molecule is Cc1cnc(NCCN2N=C(c3ccccc3)CCC2=O)nc1-c1ccnn1C. The molecule has 1 aliphatic rings. The summed E-state index contributed by atoms with van der Waals surface area (Å²) in [4.78, 5) is 21.2. The second kappa shape index (κ2) is 8.22. The van der Waals surface area contributed by atoms with E-state index in [1.54, 1.807) is 17.1 Å². The Labute approximate surface area is 169 Å². The number of carbonyl (C=O) groups excluding carboxylic acids is 1. The van der Waals surface area contributed by atoms with Crippen LogP contribution in [0.1, 0.15) is 24.0 Å². The number of anilines is 1. The molecule has 3 heterocycles. The van der Waals surface area contributed by atoms with Crippen LogP contribution in [0.25, 0.3) is 11.4 Å². The minimum Gasteiger partial charge on any atom is -0.352 e. The summed E-state index contributed by atoms with van der Waals surface area (Å²) in [5.41, 5.74) is 4.73. The summed E-state index contributed by atoms with van der Waals surface area (Å²) in [7, 11) is 1.88. The molecule has 1 N–H and O–H groups in total. The first-order valence-corrected chi connectivity index (χ1v) is 9.61. The lowest BCUT2D eigenvalue weighted by atomic mass is 10.0. The van der Waals surface area contributed by atoms with Crippen molar-refractivity contribution in [3.63, 3.8) is 0 Å². The monoisotopic (exact) mass is 389 g/mol. The van der Waals surface area contributed by atoms with Crippen LogP contribution in [0.15, 0.2) is 53.9 Å². The molecule has 0 atom stereocenters. The lowest BCUT2D eigenvalue weighted by molar-refractivity contribution is -0.131. The highest BCUT2D eigenvalue weighted by molar-refractivity contribution is 6.04. The van der Waals surface area contributed by atoms with Gasteiger partial charge < -0.3 is 5.32 Å². The maximum absolute atomic E-state index is 12.3. The molecule has 8 heteroatoms. The summed E-state index contributed by atoms with van der Waals surface area (Å²) in [5, 5.41) is 13.5. The molecule has 0 radical (unpaired) electrons. The van der Waals surface area contributed by atoms with E-state index in [0.717, 1.165) is 28.2 Å². The van der Waals surface area contributed by atoms with Crippen molar-refractivity contribution in [3.8, 4) is 11.4 Å². The van der Waals surface area contributed by atoms with Gasteiger partial charge in [-0.05, 0) is 24.1 Å². The third-order valence-corrected chi connectivity index (χ3v) is 4.85. The van der Waals surface area contributed by atoms with Crippen LogP contribution in [-0.4, -0.2) is 49.5 Å². The molecule has 0 unspecified atom stereocenters. The van der Waals surface area contributed by atoms with Gasteiger partial charge in [0.25, 0.3) is 0 Å². The zero-order valence-electron chi connectivity index (χ0n) is 16.5. The van der Waals surface area contributed by atoms with Crippen molar-refractivity contribution in [1.82, 2.24) is 24.8 Å². The molecule has 0 aliphatic carbocycles. The normalized spacial score (nSPS) is 14.1. The zero-order valence-corrected chi connectivity index (χ0v) is 16.5. The van der Waals surface area contributed by atoms with Gasteiger partial charge >= 0.3 is 0 Å². The van der Waals surface area contributed by atoms with E-state index in [4.69, 9.17) is 0 Å². The molecule has 148 valence electrons. The highest BCUT2D eigenvalue weighted by Crippen LogP contribution is 2.21. The Hall–Kier alpha value is -3.55. The molecule has 0 fully saturated rings. The second-order valence-electron chi connectivity index (χ2n) is 6.92. The number of hydrazone groups is 1. The van der Waals surface area contributed by atoms with Crippen molar-refractivity contribution >= 4 is 17.6 Å². The van der Waals surface area contributed by atoms with Crippen molar-refractivity contribution in [2.24, 2.45) is 12.1 Å². The average Bonchev–Trinajstić information content (AvgIpc) is 3.17. The van der Waals surface area contributed by atoms with Crippen LogP contribution in [0.3, 0.4) is 0 Å². The quantitative estimate of drug-likeness (QED) is 0.700. The van der Waals surface area contributed by atoms with Gasteiger partial charge in [-0.3, -0.25) is 9.48 Å². The van der Waals surface area contributed by atoms with Crippen LogP contribution >= 0.6 is 0 Å². The molecular formula is C21H23N7O. The smallest absolute Gasteiger partial charge is 0.243 e. The maximum atomic E-state index is 12.3. The summed E-state index contributed by atoms with van der Waals surface area (Å²) >= 11 is 0. The summed E-state index contributed by atoms with van der Waals surface area (Å²) in [6.07, 6.45) is 4.67.